The standard InChI is InChI=1S/C18H28F3N3O3.HI/c1-4-22-17(23-7-8-26-10-9-25-3)24-12-15-6-5-14(2)11-16(15)27-13-18(19,20)21;/h5-6,11H,4,7-10,12-13H2,1-3H3,(H2,22,23,24);1H. The predicted octanol–water partition coefficient (Wildman–Crippen LogP) is 3.27. The van der Waals surface area contributed by atoms with Crippen LogP contribution in [0.3, 0.4) is 0 Å². The number of rotatable bonds is 11. The fraction of sp³-hybridized carbons (Fsp3) is 0.611. The zero-order valence-corrected chi connectivity index (χ0v) is 18.7. The quantitative estimate of drug-likeness (QED) is 0.204. The summed E-state index contributed by atoms with van der Waals surface area (Å²) in [6, 6.07) is 5.12. The lowest BCUT2D eigenvalue weighted by molar-refractivity contribution is -0.153. The molecule has 0 unspecified atom stereocenters. The Balaban J connectivity index is 0.00000729. The number of nitrogens with zero attached hydrogens (tertiary/aromatic N) is 1. The molecule has 0 spiro atoms. The summed E-state index contributed by atoms with van der Waals surface area (Å²) in [6.45, 7) is 5.30. The average molecular weight is 519 g/mol. The highest BCUT2D eigenvalue weighted by Gasteiger charge is 2.28. The van der Waals surface area contributed by atoms with E-state index in [4.69, 9.17) is 14.2 Å². The third-order valence-corrected chi connectivity index (χ3v) is 3.34. The maximum atomic E-state index is 12.4. The molecule has 0 fully saturated rings. The second-order valence-corrected chi connectivity index (χ2v) is 5.74. The first-order valence-electron chi connectivity index (χ1n) is 8.73. The van der Waals surface area contributed by atoms with E-state index < -0.39 is 12.8 Å². The molecule has 1 rings (SSSR count). The third kappa shape index (κ3) is 12.2. The van der Waals surface area contributed by atoms with Crippen LogP contribution in [-0.4, -0.2) is 58.8 Å². The van der Waals surface area contributed by atoms with Crippen LogP contribution in [0.5, 0.6) is 5.75 Å². The van der Waals surface area contributed by atoms with Crippen LogP contribution >= 0.6 is 24.0 Å². The molecule has 0 radical (unpaired) electrons. The van der Waals surface area contributed by atoms with Gasteiger partial charge in [0.1, 0.15) is 5.75 Å². The summed E-state index contributed by atoms with van der Waals surface area (Å²) >= 11 is 0. The molecule has 6 nitrogen and oxygen atoms in total. The molecule has 0 bridgehead atoms. The number of nitrogens with one attached hydrogen (secondary N) is 2. The minimum Gasteiger partial charge on any atom is -0.484 e. The molecule has 162 valence electrons. The summed E-state index contributed by atoms with van der Waals surface area (Å²) in [4.78, 5) is 4.41. The summed E-state index contributed by atoms with van der Waals surface area (Å²) in [5.74, 6) is 0.741. The molecule has 0 amide bonds. The van der Waals surface area contributed by atoms with Gasteiger partial charge in [-0.1, -0.05) is 12.1 Å². The van der Waals surface area contributed by atoms with Gasteiger partial charge in [-0.05, 0) is 25.5 Å². The average Bonchev–Trinajstić information content (AvgIpc) is 2.61. The molecule has 1 aromatic carbocycles. The first kappa shape index (κ1) is 26.7. The summed E-state index contributed by atoms with van der Waals surface area (Å²) in [6.07, 6.45) is -4.39. The second kappa shape index (κ2) is 14.7. The van der Waals surface area contributed by atoms with Crippen molar-refractivity contribution in [3.63, 3.8) is 0 Å². The number of aryl methyl sites for hydroxylation is 1. The monoisotopic (exact) mass is 519 g/mol. The maximum absolute atomic E-state index is 12.4. The normalized spacial score (nSPS) is 11.7. The highest BCUT2D eigenvalue weighted by Crippen LogP contribution is 2.24. The Bertz CT molecular complexity index is 587. The summed E-state index contributed by atoms with van der Waals surface area (Å²) in [5.41, 5.74) is 1.40. The van der Waals surface area contributed by atoms with Gasteiger partial charge >= 0.3 is 6.18 Å². The van der Waals surface area contributed by atoms with Crippen molar-refractivity contribution in [2.24, 2.45) is 4.99 Å². The van der Waals surface area contributed by atoms with E-state index in [1.807, 2.05) is 13.0 Å². The van der Waals surface area contributed by atoms with E-state index >= 15 is 0 Å². The number of alkyl halides is 3. The fourth-order valence-electron chi connectivity index (χ4n) is 2.08. The van der Waals surface area contributed by atoms with Crippen molar-refractivity contribution in [2.45, 2.75) is 26.6 Å². The lowest BCUT2D eigenvalue weighted by Gasteiger charge is -2.14. The molecule has 2 N–H and O–H groups in total. The molecule has 0 heterocycles. The first-order chi connectivity index (χ1) is 12.9. The maximum Gasteiger partial charge on any atom is 0.422 e. The van der Waals surface area contributed by atoms with Crippen molar-refractivity contribution >= 4 is 29.9 Å². The Morgan fingerprint density at radius 1 is 1.14 bits per heavy atom. The number of hydrogen-bond donors (Lipinski definition) is 2. The Morgan fingerprint density at radius 2 is 1.89 bits per heavy atom. The smallest absolute Gasteiger partial charge is 0.422 e. The second-order valence-electron chi connectivity index (χ2n) is 5.74. The lowest BCUT2D eigenvalue weighted by Crippen LogP contribution is -2.39. The molecule has 0 atom stereocenters. The Labute approximate surface area is 181 Å². The van der Waals surface area contributed by atoms with Crippen LogP contribution in [0.2, 0.25) is 0 Å². The fourth-order valence-corrected chi connectivity index (χ4v) is 2.08. The van der Waals surface area contributed by atoms with Gasteiger partial charge in [-0.2, -0.15) is 13.2 Å². The zero-order valence-electron chi connectivity index (χ0n) is 16.4. The predicted molar refractivity (Wildman–Crippen MR) is 114 cm³/mol. The third-order valence-electron chi connectivity index (χ3n) is 3.34. The van der Waals surface area contributed by atoms with E-state index in [0.717, 1.165) is 5.56 Å². The Morgan fingerprint density at radius 3 is 2.54 bits per heavy atom. The number of guanidine groups is 1. The van der Waals surface area contributed by atoms with E-state index in [1.54, 1.807) is 26.2 Å². The van der Waals surface area contributed by atoms with E-state index in [-0.39, 0.29) is 36.3 Å². The molecular weight excluding hydrogens is 490 g/mol. The van der Waals surface area contributed by atoms with E-state index in [1.165, 1.54) is 0 Å². The van der Waals surface area contributed by atoms with E-state index in [0.29, 0.717) is 44.4 Å². The summed E-state index contributed by atoms with van der Waals surface area (Å²) in [7, 11) is 1.61. The number of halogens is 4. The van der Waals surface area contributed by atoms with Crippen LogP contribution in [0.4, 0.5) is 13.2 Å². The minimum absolute atomic E-state index is 0. The largest absolute Gasteiger partial charge is 0.484 e. The minimum atomic E-state index is -4.39. The van der Waals surface area contributed by atoms with Gasteiger partial charge in [0, 0.05) is 25.8 Å². The van der Waals surface area contributed by atoms with Gasteiger partial charge < -0.3 is 24.8 Å². The van der Waals surface area contributed by atoms with Gasteiger partial charge in [-0.15, -0.1) is 24.0 Å². The topological polar surface area (TPSA) is 64.1 Å². The summed E-state index contributed by atoms with van der Waals surface area (Å²) in [5, 5.41) is 6.19. The molecule has 0 aliphatic rings. The molecule has 28 heavy (non-hydrogen) atoms. The van der Waals surface area contributed by atoms with Crippen LogP contribution in [-0.2, 0) is 16.0 Å². The highest BCUT2D eigenvalue weighted by atomic mass is 127. The van der Waals surface area contributed by atoms with Gasteiger partial charge in [0.05, 0.1) is 26.4 Å². The van der Waals surface area contributed by atoms with Crippen molar-refractivity contribution in [1.29, 1.82) is 0 Å². The van der Waals surface area contributed by atoms with Gasteiger partial charge in [0.2, 0.25) is 0 Å². The van der Waals surface area contributed by atoms with Crippen molar-refractivity contribution < 1.29 is 27.4 Å². The van der Waals surface area contributed by atoms with E-state index in [2.05, 4.69) is 15.6 Å². The molecule has 0 saturated carbocycles. The van der Waals surface area contributed by atoms with E-state index in [9.17, 15) is 13.2 Å². The lowest BCUT2D eigenvalue weighted by atomic mass is 10.1. The van der Waals surface area contributed by atoms with Crippen LogP contribution in [0.25, 0.3) is 0 Å². The molecule has 0 aliphatic carbocycles. The van der Waals surface area contributed by atoms with Gasteiger partial charge in [0.15, 0.2) is 12.6 Å². The molecule has 0 aliphatic heterocycles. The van der Waals surface area contributed by atoms with Gasteiger partial charge in [0.25, 0.3) is 0 Å². The van der Waals surface area contributed by atoms with Gasteiger partial charge in [-0.3, -0.25) is 0 Å². The number of methoxy groups -OCH3 is 1. The van der Waals surface area contributed by atoms with Crippen LogP contribution in [0.15, 0.2) is 23.2 Å². The summed E-state index contributed by atoms with van der Waals surface area (Å²) < 4.78 is 52.5. The number of hydrogen-bond acceptors (Lipinski definition) is 4. The molecule has 10 heteroatoms. The first-order valence-corrected chi connectivity index (χ1v) is 8.73. The molecule has 0 saturated heterocycles. The van der Waals surface area contributed by atoms with Crippen LogP contribution in [0, 0.1) is 6.92 Å². The van der Waals surface area contributed by atoms with Crippen molar-refractivity contribution in [3.05, 3.63) is 29.3 Å². The van der Waals surface area contributed by atoms with Gasteiger partial charge in [-0.25, -0.2) is 4.99 Å². The SMILES string of the molecule is CCNC(=NCc1ccc(C)cc1OCC(F)(F)F)NCCOCCOC.I. The van der Waals surface area contributed by atoms with Crippen LogP contribution in [0.1, 0.15) is 18.1 Å². The molecular formula is C18H29F3IN3O3. The van der Waals surface area contributed by atoms with Crippen LogP contribution < -0.4 is 15.4 Å². The number of ether oxygens (including phenoxy) is 3. The Hall–Kier alpha value is -1.27. The zero-order chi connectivity index (χ0) is 20.1. The van der Waals surface area contributed by atoms with Crippen molar-refractivity contribution in [3.8, 4) is 5.75 Å². The molecule has 0 aromatic heterocycles. The Kier molecular flexibility index (Phi) is 14.0. The number of aliphatic imine (C=N–C) groups is 1. The van der Waals surface area contributed by atoms with Crippen molar-refractivity contribution in [1.82, 2.24) is 10.6 Å². The van der Waals surface area contributed by atoms with Crippen molar-refractivity contribution in [2.75, 3.05) is 46.6 Å². The highest BCUT2D eigenvalue weighted by molar-refractivity contribution is 14.0. The number of benzene rings is 1. The molecule has 1 aromatic rings.